The summed E-state index contributed by atoms with van der Waals surface area (Å²) < 4.78 is 48.2. The molecule has 8 heterocycles. The molecule has 3 N–H and O–H groups in total. The van der Waals surface area contributed by atoms with Gasteiger partial charge in [0, 0.05) is 68.3 Å². The van der Waals surface area contributed by atoms with Crippen LogP contribution in [0, 0.1) is 21.4 Å². The van der Waals surface area contributed by atoms with Gasteiger partial charge in [-0.15, -0.1) is 0 Å². The summed E-state index contributed by atoms with van der Waals surface area (Å²) in [7, 11) is -4.58. The SMILES string of the molecule is CC(C)c1cscc1[C@@H]1CCCN1C1CC2(CCN(c3ccc(C(=O)NS(=O)(=O)c4ccc(NCC5CCOCC5)c([N+](=O)[O-])c4)c(N4c5cc6cc[nH]c6nc5O[C@@H]5COC[C@H]54)c3)CC2)C1. The standard InChI is InChI=1S/C49H58N8O8S2/c1-30(2)37-28-66-29-38(37)40-4-3-15-55(40)34-23-49(24-34)12-16-54(17-13-49)33-5-7-36(41(21-33)56-43-20-32-9-14-50-46(32)52-48(43)65-45-27-64-26-44(45)56)47(58)53-67(61,62)35-6-8-39(42(22-35)57(59)60)51-25-31-10-18-63-19-11-31/h5-9,14,20-22,28-31,34,40,44-45,51H,3-4,10-13,15-19,23-27H2,1-2H3,(H,50,52)(H,53,58)/t40-,44+,45+/m0/s1. The number of hydrogen-bond acceptors (Lipinski definition) is 14. The van der Waals surface area contributed by atoms with Crippen LogP contribution >= 0.6 is 11.3 Å². The van der Waals surface area contributed by atoms with Gasteiger partial charge in [-0.05, 0) is 140 Å². The van der Waals surface area contributed by atoms with Gasteiger partial charge in [0.1, 0.15) is 23.1 Å². The normalized spacial score (nSPS) is 23.3. The molecule has 67 heavy (non-hydrogen) atoms. The first-order chi connectivity index (χ1) is 32.4. The van der Waals surface area contributed by atoms with Crippen molar-refractivity contribution in [2.24, 2.45) is 11.3 Å². The highest BCUT2D eigenvalue weighted by Crippen LogP contribution is 2.55. The highest BCUT2D eigenvalue weighted by Gasteiger charge is 2.50. The molecule has 5 aliphatic heterocycles. The summed E-state index contributed by atoms with van der Waals surface area (Å²) in [6.45, 7) is 9.86. The lowest BCUT2D eigenvalue weighted by molar-refractivity contribution is -0.384. The minimum Gasteiger partial charge on any atom is -0.468 e. The van der Waals surface area contributed by atoms with Crippen LogP contribution in [0.15, 0.2) is 70.4 Å². The lowest BCUT2D eigenvalue weighted by Crippen LogP contribution is -2.55. The Balaban J connectivity index is 0.867. The molecular weight excluding hydrogens is 893 g/mol. The van der Waals surface area contributed by atoms with Gasteiger partial charge in [-0.25, -0.2) is 13.1 Å². The quantitative estimate of drug-likeness (QED) is 0.0800. The van der Waals surface area contributed by atoms with E-state index in [1.165, 1.54) is 55.5 Å². The number of piperidine rings is 1. The van der Waals surface area contributed by atoms with E-state index in [4.69, 9.17) is 19.2 Å². The number of aromatic nitrogens is 2. The molecular formula is C49H58N8O8S2. The zero-order valence-corrected chi connectivity index (χ0v) is 39.6. The summed E-state index contributed by atoms with van der Waals surface area (Å²) in [5.41, 5.74) is 5.98. The minimum absolute atomic E-state index is 0.117. The number of sulfonamides is 1. The molecule has 18 heteroatoms. The van der Waals surface area contributed by atoms with Crippen molar-refractivity contribution in [3.05, 3.63) is 92.3 Å². The average Bonchev–Trinajstić information content (AvgIpc) is 4.16. The molecule has 16 nitrogen and oxygen atoms in total. The molecule has 0 unspecified atom stereocenters. The van der Waals surface area contributed by atoms with Crippen molar-refractivity contribution >= 4 is 66.7 Å². The second-order valence-corrected chi connectivity index (χ2v) is 22.2. The number of hydrogen-bond donors (Lipinski definition) is 3. The molecule has 3 aromatic heterocycles. The lowest BCUT2D eigenvalue weighted by atomic mass is 9.59. The summed E-state index contributed by atoms with van der Waals surface area (Å²) >= 11 is 1.84. The topological polar surface area (TPSA) is 184 Å². The summed E-state index contributed by atoms with van der Waals surface area (Å²) in [4.78, 5) is 41.0. The summed E-state index contributed by atoms with van der Waals surface area (Å²) in [6.07, 6.45) is 10.1. The van der Waals surface area contributed by atoms with E-state index in [0.717, 1.165) is 55.9 Å². The summed E-state index contributed by atoms with van der Waals surface area (Å²) in [5, 5.41) is 21.0. The molecule has 6 aliphatic rings. The van der Waals surface area contributed by atoms with E-state index >= 15 is 0 Å². The molecule has 2 aromatic carbocycles. The third kappa shape index (κ3) is 8.31. The Kier molecular flexibility index (Phi) is 11.7. The molecule has 4 saturated heterocycles. The van der Waals surface area contributed by atoms with E-state index in [2.05, 4.69) is 49.4 Å². The number of carbonyl (C=O) groups is 1. The van der Waals surface area contributed by atoms with Crippen LogP contribution in [0.4, 0.5) is 28.4 Å². The van der Waals surface area contributed by atoms with Crippen molar-refractivity contribution in [1.29, 1.82) is 0 Å². The molecule has 5 fully saturated rings. The summed E-state index contributed by atoms with van der Waals surface area (Å²) in [5.74, 6) is 0.311. The Bertz CT molecular complexity index is 2790. The predicted molar refractivity (Wildman–Crippen MR) is 257 cm³/mol. The number of nitro groups is 1. The smallest absolute Gasteiger partial charge is 0.293 e. The first kappa shape index (κ1) is 44.2. The number of fused-ring (bicyclic) bond motifs is 3. The number of ether oxygens (including phenoxy) is 3. The third-order valence-corrected chi connectivity index (χ3v) is 17.5. The minimum atomic E-state index is -4.58. The van der Waals surface area contributed by atoms with E-state index in [9.17, 15) is 23.3 Å². The number of likely N-dealkylation sites (tertiary alicyclic amines) is 1. The monoisotopic (exact) mass is 950 g/mol. The van der Waals surface area contributed by atoms with E-state index < -0.39 is 37.5 Å². The zero-order valence-electron chi connectivity index (χ0n) is 37.9. The molecule has 11 rings (SSSR count). The number of amides is 1. The van der Waals surface area contributed by atoms with Crippen molar-refractivity contribution in [3.63, 3.8) is 0 Å². The zero-order chi connectivity index (χ0) is 46.0. The number of pyridine rings is 1. The van der Waals surface area contributed by atoms with Gasteiger partial charge in [-0.1, -0.05) is 13.8 Å². The highest BCUT2D eigenvalue weighted by atomic mass is 32.2. The van der Waals surface area contributed by atoms with E-state index in [0.29, 0.717) is 79.3 Å². The van der Waals surface area contributed by atoms with Crippen LogP contribution in [0.1, 0.15) is 98.7 Å². The van der Waals surface area contributed by atoms with E-state index in [1.807, 2.05) is 46.7 Å². The maximum atomic E-state index is 14.6. The van der Waals surface area contributed by atoms with Crippen LogP contribution in [-0.2, 0) is 19.5 Å². The number of anilines is 4. The number of aromatic amines is 1. The average molecular weight is 951 g/mol. The number of H-pyrrole nitrogens is 1. The molecule has 1 aliphatic carbocycles. The Morgan fingerprint density at radius 3 is 2.61 bits per heavy atom. The third-order valence-electron chi connectivity index (χ3n) is 15.4. The number of nitrogens with one attached hydrogen (secondary N) is 3. The summed E-state index contributed by atoms with van der Waals surface area (Å²) in [6, 6.07) is 13.9. The van der Waals surface area contributed by atoms with Gasteiger partial charge < -0.3 is 34.3 Å². The van der Waals surface area contributed by atoms with Crippen LogP contribution in [0.25, 0.3) is 11.0 Å². The van der Waals surface area contributed by atoms with E-state index in [1.54, 1.807) is 6.07 Å². The fourth-order valence-electron chi connectivity index (χ4n) is 11.7. The second-order valence-electron chi connectivity index (χ2n) is 19.8. The Morgan fingerprint density at radius 1 is 1.00 bits per heavy atom. The molecule has 1 saturated carbocycles. The number of nitro benzene ring substituents is 1. The predicted octanol–water partition coefficient (Wildman–Crippen LogP) is 8.50. The highest BCUT2D eigenvalue weighted by molar-refractivity contribution is 7.90. The van der Waals surface area contributed by atoms with Gasteiger partial charge in [0.25, 0.3) is 21.6 Å². The molecule has 0 bridgehead atoms. The number of nitrogens with zero attached hydrogens (tertiary/aromatic N) is 5. The maximum absolute atomic E-state index is 14.6. The second kappa shape index (κ2) is 17.7. The van der Waals surface area contributed by atoms with Crippen LogP contribution in [0.2, 0.25) is 0 Å². The van der Waals surface area contributed by atoms with Crippen molar-refractivity contribution in [1.82, 2.24) is 19.6 Å². The molecule has 354 valence electrons. The van der Waals surface area contributed by atoms with Crippen molar-refractivity contribution in [2.45, 2.75) is 100 Å². The first-order valence-electron chi connectivity index (χ1n) is 23.8. The van der Waals surface area contributed by atoms with E-state index in [-0.39, 0.29) is 23.2 Å². The van der Waals surface area contributed by atoms with Gasteiger partial charge in [0.15, 0.2) is 0 Å². The first-order valence-corrected chi connectivity index (χ1v) is 26.3. The molecule has 1 spiro atoms. The maximum Gasteiger partial charge on any atom is 0.293 e. The van der Waals surface area contributed by atoms with Gasteiger partial charge in [-0.2, -0.15) is 16.3 Å². The fourth-order valence-corrected chi connectivity index (χ4v) is 13.7. The number of thiophene rings is 1. The largest absolute Gasteiger partial charge is 0.468 e. The van der Waals surface area contributed by atoms with Crippen LogP contribution < -0.4 is 24.6 Å². The number of rotatable bonds is 12. The van der Waals surface area contributed by atoms with Crippen molar-refractivity contribution in [3.8, 4) is 5.88 Å². The lowest BCUT2D eigenvalue weighted by Gasteiger charge is -2.56. The Labute approximate surface area is 394 Å². The van der Waals surface area contributed by atoms with Gasteiger partial charge >= 0.3 is 0 Å². The number of carbonyl (C=O) groups excluding carboxylic acids is 1. The number of benzene rings is 2. The van der Waals surface area contributed by atoms with Crippen LogP contribution in [0.5, 0.6) is 5.88 Å². The van der Waals surface area contributed by atoms with Crippen LogP contribution in [0.3, 0.4) is 0 Å². The molecule has 3 atom stereocenters. The van der Waals surface area contributed by atoms with Crippen molar-refractivity contribution in [2.75, 3.05) is 67.7 Å². The van der Waals surface area contributed by atoms with Gasteiger partial charge in [0.2, 0.25) is 5.88 Å². The van der Waals surface area contributed by atoms with Crippen molar-refractivity contribution < 1.29 is 32.3 Å². The Morgan fingerprint density at radius 2 is 1.82 bits per heavy atom. The Hall–Kier alpha value is -5.27. The van der Waals surface area contributed by atoms with Crippen LogP contribution in [-0.4, -0.2) is 105 Å². The van der Waals surface area contributed by atoms with Gasteiger partial charge in [-0.3, -0.25) is 19.8 Å². The molecule has 5 aromatic rings. The molecule has 1 amide bonds. The molecule has 0 radical (unpaired) electrons. The van der Waals surface area contributed by atoms with Gasteiger partial charge in [0.05, 0.1) is 40.3 Å². The fraction of sp³-hybridized carbons (Fsp3) is 0.510.